The number of allylic oxidation sites excluding steroid dienone is 2. The zero-order chi connectivity index (χ0) is 25.0. The standard InChI is InChI=1S/C25H27N2.C5H8O2.Ir/c1-15(2)10-18-6-8-20-21-9-7-19(11-16(3)4)13-23(21)25-24(22(20)12-18)26-14-17(5)27-25;1-4(6)3-5(2)7;/h6-9,13-16H,10-11H2,1-5H3;3,6H,1-2H3;/q-1;;. The van der Waals surface area contributed by atoms with Gasteiger partial charge in [-0.1, -0.05) is 56.7 Å². The number of aryl methyl sites for hydroxylation is 1. The summed E-state index contributed by atoms with van der Waals surface area (Å²) in [7, 11) is 0. The summed E-state index contributed by atoms with van der Waals surface area (Å²) >= 11 is 0. The van der Waals surface area contributed by atoms with E-state index in [0.29, 0.717) is 11.8 Å². The minimum Gasteiger partial charge on any atom is -0.512 e. The molecule has 5 heteroatoms. The van der Waals surface area contributed by atoms with Crippen LogP contribution in [0.2, 0.25) is 0 Å². The number of aliphatic hydroxyl groups excluding tert-OH is 1. The fraction of sp³-hybridized carbons (Fsp3) is 0.367. The number of carbonyl (C=O) groups excluding carboxylic acids is 1. The van der Waals surface area contributed by atoms with E-state index >= 15 is 0 Å². The Morgan fingerprint density at radius 3 is 2.20 bits per heavy atom. The molecule has 0 fully saturated rings. The second-order valence-electron chi connectivity index (χ2n) is 9.95. The molecular weight excluding hydrogens is 613 g/mol. The zero-order valence-electron chi connectivity index (χ0n) is 21.7. The van der Waals surface area contributed by atoms with E-state index in [9.17, 15) is 4.79 Å². The maximum absolute atomic E-state index is 10.0. The van der Waals surface area contributed by atoms with Gasteiger partial charge < -0.3 is 10.1 Å². The fourth-order valence-electron chi connectivity index (χ4n) is 4.27. The summed E-state index contributed by atoms with van der Waals surface area (Å²) in [5.74, 6) is 1.18. The molecule has 35 heavy (non-hydrogen) atoms. The molecule has 4 nitrogen and oxygen atoms in total. The Bertz CT molecular complexity index is 1370. The van der Waals surface area contributed by atoms with Gasteiger partial charge in [0, 0.05) is 37.9 Å². The van der Waals surface area contributed by atoms with Gasteiger partial charge in [0.2, 0.25) is 0 Å². The molecule has 1 radical (unpaired) electrons. The van der Waals surface area contributed by atoms with E-state index in [4.69, 9.17) is 15.1 Å². The number of carbonyl (C=O) groups is 1. The molecule has 0 saturated carbocycles. The molecule has 187 valence electrons. The van der Waals surface area contributed by atoms with Gasteiger partial charge in [0.05, 0.1) is 17.0 Å². The third kappa shape index (κ3) is 7.43. The molecule has 0 saturated heterocycles. The first-order valence-electron chi connectivity index (χ1n) is 12.0. The molecule has 1 heterocycles. The van der Waals surface area contributed by atoms with Gasteiger partial charge in [0.1, 0.15) is 0 Å². The van der Waals surface area contributed by atoms with E-state index < -0.39 is 0 Å². The number of nitrogens with zero attached hydrogens (tertiary/aromatic N) is 2. The topological polar surface area (TPSA) is 63.1 Å². The Labute approximate surface area is 222 Å². The number of rotatable bonds is 5. The van der Waals surface area contributed by atoms with Crippen LogP contribution in [0.25, 0.3) is 32.6 Å². The first-order chi connectivity index (χ1) is 16.0. The molecule has 1 N–H and O–H groups in total. The first kappa shape index (κ1) is 28.6. The van der Waals surface area contributed by atoms with E-state index in [1.165, 1.54) is 47.2 Å². The van der Waals surface area contributed by atoms with Crippen LogP contribution < -0.4 is 0 Å². The van der Waals surface area contributed by atoms with Gasteiger partial charge in [-0.05, 0) is 56.4 Å². The monoisotopic (exact) mass is 648 g/mol. The zero-order valence-corrected chi connectivity index (χ0v) is 24.1. The molecule has 4 rings (SSSR count). The first-order valence-corrected chi connectivity index (χ1v) is 12.0. The average molecular weight is 648 g/mol. The van der Waals surface area contributed by atoms with Gasteiger partial charge in [-0.15, -0.1) is 29.1 Å². The minimum absolute atomic E-state index is 0. The van der Waals surface area contributed by atoms with Crippen LogP contribution in [0.4, 0.5) is 0 Å². The van der Waals surface area contributed by atoms with Crippen molar-refractivity contribution in [3.8, 4) is 0 Å². The van der Waals surface area contributed by atoms with Crippen molar-refractivity contribution in [2.45, 2.75) is 61.3 Å². The van der Waals surface area contributed by atoms with Crippen molar-refractivity contribution in [1.29, 1.82) is 0 Å². The van der Waals surface area contributed by atoms with Crippen molar-refractivity contribution >= 4 is 38.4 Å². The van der Waals surface area contributed by atoms with Crippen LogP contribution >= 0.6 is 0 Å². The second-order valence-corrected chi connectivity index (χ2v) is 9.95. The molecule has 0 atom stereocenters. The maximum atomic E-state index is 10.0. The Kier molecular flexibility index (Phi) is 10.1. The van der Waals surface area contributed by atoms with Gasteiger partial charge in [-0.25, -0.2) is 0 Å². The smallest absolute Gasteiger partial charge is 0.155 e. The third-order valence-electron chi connectivity index (χ3n) is 5.45. The molecule has 0 amide bonds. The van der Waals surface area contributed by atoms with Crippen molar-refractivity contribution in [3.05, 3.63) is 71.3 Å². The quantitative estimate of drug-likeness (QED) is 0.106. The number of hydrogen-bond donors (Lipinski definition) is 1. The second kappa shape index (κ2) is 12.4. The number of fused-ring (bicyclic) bond motifs is 6. The Balaban J connectivity index is 0.000000476. The summed E-state index contributed by atoms with van der Waals surface area (Å²) in [5.41, 5.74) is 5.53. The van der Waals surface area contributed by atoms with Crippen LogP contribution in [0.15, 0.2) is 48.4 Å². The van der Waals surface area contributed by atoms with Crippen LogP contribution in [0.3, 0.4) is 0 Å². The van der Waals surface area contributed by atoms with Crippen molar-refractivity contribution in [1.82, 2.24) is 9.97 Å². The van der Waals surface area contributed by atoms with E-state index in [0.717, 1.165) is 35.0 Å². The predicted molar refractivity (Wildman–Crippen MR) is 142 cm³/mol. The number of hydrogen-bond acceptors (Lipinski definition) is 4. The Morgan fingerprint density at radius 1 is 0.971 bits per heavy atom. The summed E-state index contributed by atoms with van der Waals surface area (Å²) in [6, 6.07) is 15.0. The number of aliphatic hydroxyl groups is 1. The van der Waals surface area contributed by atoms with E-state index in [1.54, 1.807) is 0 Å². The van der Waals surface area contributed by atoms with Crippen molar-refractivity contribution in [2.75, 3.05) is 0 Å². The van der Waals surface area contributed by atoms with Gasteiger partial charge in [-0.2, -0.15) is 0 Å². The largest absolute Gasteiger partial charge is 0.512 e. The van der Waals surface area contributed by atoms with E-state index in [1.807, 2.05) is 13.1 Å². The third-order valence-corrected chi connectivity index (χ3v) is 5.45. The summed E-state index contributed by atoms with van der Waals surface area (Å²) in [5, 5.41) is 13.1. The molecule has 0 aliphatic carbocycles. The van der Waals surface area contributed by atoms with Crippen molar-refractivity contribution in [3.63, 3.8) is 0 Å². The van der Waals surface area contributed by atoms with Gasteiger partial charge in [0.15, 0.2) is 5.78 Å². The van der Waals surface area contributed by atoms with E-state index in [2.05, 4.69) is 64.1 Å². The molecule has 0 bridgehead atoms. The van der Waals surface area contributed by atoms with Crippen LogP contribution in [0, 0.1) is 24.8 Å². The Hall–Kier alpha value is -2.62. The number of benzene rings is 3. The Morgan fingerprint density at radius 2 is 1.63 bits per heavy atom. The molecular formula is C30H35IrN2O2-. The summed E-state index contributed by atoms with van der Waals surface area (Å²) in [6.07, 6.45) is 5.14. The summed E-state index contributed by atoms with van der Waals surface area (Å²) in [4.78, 5) is 19.7. The SMILES string of the molecule is CC(=O)C=C(C)O.Cc1cnc2c3[c-]c(CC(C)C)ccc3c3ccc(CC(C)C)cc3c2n1.[Ir]. The predicted octanol–water partition coefficient (Wildman–Crippen LogP) is 7.48. The minimum atomic E-state index is -0.125. The summed E-state index contributed by atoms with van der Waals surface area (Å²) < 4.78 is 0. The molecule has 0 unspecified atom stereocenters. The molecule has 3 aromatic carbocycles. The molecule has 4 aromatic rings. The van der Waals surface area contributed by atoms with Crippen LogP contribution in [-0.4, -0.2) is 20.9 Å². The number of ketones is 1. The van der Waals surface area contributed by atoms with Crippen molar-refractivity contribution < 1.29 is 30.0 Å². The molecule has 0 aliphatic heterocycles. The van der Waals surface area contributed by atoms with Crippen LogP contribution in [-0.2, 0) is 37.7 Å². The fourth-order valence-corrected chi connectivity index (χ4v) is 4.27. The van der Waals surface area contributed by atoms with Gasteiger partial charge >= 0.3 is 0 Å². The molecule has 1 aromatic heterocycles. The van der Waals surface area contributed by atoms with E-state index in [-0.39, 0.29) is 31.6 Å². The van der Waals surface area contributed by atoms with Gasteiger partial charge in [-0.3, -0.25) is 9.78 Å². The van der Waals surface area contributed by atoms with Gasteiger partial charge in [0.25, 0.3) is 0 Å². The maximum Gasteiger partial charge on any atom is 0.155 e. The molecule has 0 spiro atoms. The summed E-state index contributed by atoms with van der Waals surface area (Å²) in [6.45, 7) is 13.9. The average Bonchev–Trinajstić information content (AvgIpc) is 2.72. The van der Waals surface area contributed by atoms with Crippen LogP contribution in [0.5, 0.6) is 0 Å². The number of aromatic nitrogens is 2. The normalized spacial score (nSPS) is 11.6. The van der Waals surface area contributed by atoms with Crippen molar-refractivity contribution in [2.24, 2.45) is 11.8 Å². The van der Waals surface area contributed by atoms with Crippen LogP contribution in [0.1, 0.15) is 58.4 Å². The molecule has 0 aliphatic rings.